The number of carbonyl (C=O) groups excluding carboxylic acids is 2. The highest BCUT2D eigenvalue weighted by atomic mass is 32.2. The third-order valence-corrected chi connectivity index (χ3v) is 6.74. The van der Waals surface area contributed by atoms with Gasteiger partial charge in [-0.25, -0.2) is 8.42 Å². The lowest BCUT2D eigenvalue weighted by atomic mass is 9.87. The molecule has 0 amide bonds. The van der Waals surface area contributed by atoms with Crippen LogP contribution in [-0.2, 0) is 19.6 Å². The van der Waals surface area contributed by atoms with E-state index in [9.17, 15) is 18.0 Å². The molecule has 1 aliphatic heterocycles. The Balaban J connectivity index is 1.89. The van der Waals surface area contributed by atoms with Gasteiger partial charge in [-0.15, -0.1) is 0 Å². The van der Waals surface area contributed by atoms with Gasteiger partial charge in [-0.3, -0.25) is 9.59 Å². The molecule has 0 aromatic heterocycles. The maximum atomic E-state index is 13.3. The van der Waals surface area contributed by atoms with Gasteiger partial charge in [0.15, 0.2) is 11.6 Å². The van der Waals surface area contributed by atoms with Crippen LogP contribution in [0.25, 0.3) is 0 Å². The first-order valence-corrected chi connectivity index (χ1v) is 9.97. The zero-order valence-electron chi connectivity index (χ0n) is 14.6. The molecule has 1 aliphatic carbocycles. The summed E-state index contributed by atoms with van der Waals surface area (Å²) >= 11 is 0. The van der Waals surface area contributed by atoms with E-state index in [1.807, 2.05) is 6.07 Å². The number of nitrogens with zero attached hydrogens (tertiary/aromatic N) is 1. The number of hydrogen-bond acceptors (Lipinski definition) is 4. The first-order chi connectivity index (χ1) is 12.9. The molecule has 1 atom stereocenters. The van der Waals surface area contributed by atoms with E-state index < -0.39 is 16.1 Å². The molecule has 0 spiro atoms. The van der Waals surface area contributed by atoms with E-state index in [-0.39, 0.29) is 34.2 Å². The monoisotopic (exact) mass is 379 g/mol. The molecule has 0 N–H and O–H groups in total. The summed E-state index contributed by atoms with van der Waals surface area (Å²) < 4.78 is 27.9. The fourth-order valence-corrected chi connectivity index (χ4v) is 5.19. The van der Waals surface area contributed by atoms with Crippen molar-refractivity contribution < 1.29 is 18.0 Å². The van der Waals surface area contributed by atoms with Crippen LogP contribution in [0.3, 0.4) is 0 Å². The maximum Gasteiger partial charge on any atom is 0.244 e. The normalized spacial score (nSPS) is 20.6. The number of benzene rings is 2. The molecule has 0 saturated carbocycles. The minimum absolute atomic E-state index is 0.109. The van der Waals surface area contributed by atoms with Gasteiger partial charge in [-0.2, -0.15) is 4.31 Å². The number of allylic oxidation sites excluding steroid dienone is 2. The fourth-order valence-electron chi connectivity index (χ4n) is 3.62. The van der Waals surface area contributed by atoms with E-state index in [0.717, 1.165) is 0 Å². The van der Waals surface area contributed by atoms with Crippen LogP contribution in [-0.4, -0.2) is 30.8 Å². The maximum absolute atomic E-state index is 13.3. The lowest BCUT2D eigenvalue weighted by Gasteiger charge is -2.26. The molecule has 0 fully saturated rings. The van der Waals surface area contributed by atoms with Crippen molar-refractivity contribution in [1.82, 2.24) is 4.31 Å². The largest absolute Gasteiger partial charge is 0.290 e. The summed E-state index contributed by atoms with van der Waals surface area (Å²) in [5.41, 5.74) is 1.53. The molecule has 1 unspecified atom stereocenters. The summed E-state index contributed by atoms with van der Waals surface area (Å²) in [6.45, 7) is 1.47. The van der Waals surface area contributed by atoms with Gasteiger partial charge in [0.2, 0.25) is 10.0 Å². The van der Waals surface area contributed by atoms with Crippen molar-refractivity contribution >= 4 is 21.6 Å². The average Bonchev–Trinajstić information content (AvgIpc) is 3.10. The summed E-state index contributed by atoms with van der Waals surface area (Å²) in [7, 11) is -3.89. The highest BCUT2D eigenvalue weighted by Crippen LogP contribution is 2.43. The SMILES string of the molecule is CC1=CC(=O)C2=C(CN(S(=O)(=O)c3ccccc3)C2c2ccccc2)C1=O. The van der Waals surface area contributed by atoms with Gasteiger partial charge in [0.25, 0.3) is 0 Å². The van der Waals surface area contributed by atoms with E-state index >= 15 is 0 Å². The summed E-state index contributed by atoms with van der Waals surface area (Å²) in [5.74, 6) is -0.571. The topological polar surface area (TPSA) is 71.5 Å². The van der Waals surface area contributed by atoms with Crippen molar-refractivity contribution in [2.24, 2.45) is 0 Å². The van der Waals surface area contributed by atoms with Gasteiger partial charge < -0.3 is 0 Å². The van der Waals surface area contributed by atoms with Crippen molar-refractivity contribution in [3.8, 4) is 0 Å². The molecule has 5 nitrogen and oxygen atoms in total. The molecule has 27 heavy (non-hydrogen) atoms. The fraction of sp³-hybridized carbons (Fsp3) is 0.143. The van der Waals surface area contributed by atoms with Gasteiger partial charge in [0.1, 0.15) is 0 Å². The predicted molar refractivity (Wildman–Crippen MR) is 100 cm³/mol. The molecule has 0 saturated heterocycles. The molecule has 6 heteroatoms. The lowest BCUT2D eigenvalue weighted by Crippen LogP contribution is -2.33. The Morgan fingerprint density at radius 1 is 0.926 bits per heavy atom. The van der Waals surface area contributed by atoms with Crippen molar-refractivity contribution in [3.63, 3.8) is 0 Å². The quantitative estimate of drug-likeness (QED) is 0.769. The van der Waals surface area contributed by atoms with Crippen molar-refractivity contribution in [2.45, 2.75) is 17.9 Å². The molecule has 0 radical (unpaired) electrons. The van der Waals surface area contributed by atoms with E-state index in [2.05, 4.69) is 0 Å². The molecular weight excluding hydrogens is 362 g/mol. The molecule has 4 rings (SSSR count). The highest BCUT2D eigenvalue weighted by molar-refractivity contribution is 7.89. The molecule has 2 aromatic carbocycles. The van der Waals surface area contributed by atoms with Crippen LogP contribution in [0.15, 0.2) is 88.4 Å². The number of ketones is 2. The van der Waals surface area contributed by atoms with Crippen molar-refractivity contribution in [1.29, 1.82) is 0 Å². The van der Waals surface area contributed by atoms with Crippen LogP contribution in [0.5, 0.6) is 0 Å². The van der Waals surface area contributed by atoms with Gasteiger partial charge in [0, 0.05) is 23.3 Å². The Labute approximate surface area is 157 Å². The highest BCUT2D eigenvalue weighted by Gasteiger charge is 2.46. The van der Waals surface area contributed by atoms with E-state index in [0.29, 0.717) is 11.1 Å². The third-order valence-electron chi connectivity index (χ3n) is 4.91. The van der Waals surface area contributed by atoms with Crippen LogP contribution in [0.2, 0.25) is 0 Å². The average molecular weight is 379 g/mol. The second-order valence-electron chi connectivity index (χ2n) is 6.59. The smallest absolute Gasteiger partial charge is 0.244 e. The van der Waals surface area contributed by atoms with Crippen molar-refractivity contribution in [3.05, 3.63) is 89.0 Å². The summed E-state index contributed by atoms with van der Waals surface area (Å²) in [4.78, 5) is 25.5. The van der Waals surface area contributed by atoms with Crippen LogP contribution < -0.4 is 0 Å². The zero-order chi connectivity index (χ0) is 19.2. The van der Waals surface area contributed by atoms with Gasteiger partial charge in [0.05, 0.1) is 10.9 Å². The minimum Gasteiger partial charge on any atom is -0.290 e. The van der Waals surface area contributed by atoms with E-state index in [4.69, 9.17) is 0 Å². The molecule has 2 aliphatic rings. The number of Topliss-reactive ketones (excluding diaryl/α,β-unsaturated/α-hetero) is 1. The third kappa shape index (κ3) is 2.78. The van der Waals surface area contributed by atoms with Gasteiger partial charge >= 0.3 is 0 Å². The zero-order valence-corrected chi connectivity index (χ0v) is 15.4. The standard InChI is InChI=1S/C21H17NO4S/c1-14-12-18(23)19-17(21(14)24)13-22(20(19)15-8-4-2-5-9-15)27(25,26)16-10-6-3-7-11-16/h2-12,20H,13H2,1H3. The predicted octanol–water partition coefficient (Wildman–Crippen LogP) is 2.83. The second kappa shape index (κ2) is 6.40. The second-order valence-corrected chi connectivity index (χ2v) is 8.48. The Bertz CT molecular complexity index is 1100. The Morgan fingerprint density at radius 3 is 2.15 bits per heavy atom. The van der Waals surface area contributed by atoms with E-state index in [1.54, 1.807) is 49.4 Å². The number of carbonyl (C=O) groups is 2. The minimum atomic E-state index is -3.89. The molecule has 0 bridgehead atoms. The van der Waals surface area contributed by atoms with Crippen molar-refractivity contribution in [2.75, 3.05) is 6.54 Å². The lowest BCUT2D eigenvalue weighted by molar-refractivity contribution is -0.115. The number of rotatable bonds is 3. The number of sulfonamides is 1. The molecule has 2 aromatic rings. The first kappa shape index (κ1) is 17.6. The van der Waals surface area contributed by atoms with Crippen LogP contribution in [0, 0.1) is 0 Å². The molecule has 1 heterocycles. The molecule has 136 valence electrons. The summed E-state index contributed by atoms with van der Waals surface area (Å²) in [5, 5.41) is 0. The van der Waals surface area contributed by atoms with Gasteiger partial charge in [-0.05, 0) is 30.7 Å². The Kier molecular flexibility index (Phi) is 4.17. The van der Waals surface area contributed by atoms with E-state index in [1.165, 1.54) is 22.5 Å². The van der Waals surface area contributed by atoms with Crippen LogP contribution in [0.4, 0.5) is 0 Å². The van der Waals surface area contributed by atoms with Gasteiger partial charge in [-0.1, -0.05) is 48.5 Å². The Morgan fingerprint density at radius 2 is 1.52 bits per heavy atom. The van der Waals surface area contributed by atoms with Crippen LogP contribution in [0.1, 0.15) is 18.5 Å². The summed E-state index contributed by atoms with van der Waals surface area (Å²) in [6, 6.07) is 16.2. The molecular formula is C21H17NO4S. The first-order valence-electron chi connectivity index (χ1n) is 8.53. The Hall–Kier alpha value is -2.83. The summed E-state index contributed by atoms with van der Waals surface area (Å²) in [6.07, 6.45) is 1.30. The number of hydrogen-bond donors (Lipinski definition) is 0. The van der Waals surface area contributed by atoms with Crippen LogP contribution >= 0.6 is 0 Å².